The summed E-state index contributed by atoms with van der Waals surface area (Å²) in [5.74, 6) is 2.05. The number of benzene rings is 1. The van der Waals surface area contributed by atoms with E-state index in [0.717, 1.165) is 29.8 Å². The predicted octanol–water partition coefficient (Wildman–Crippen LogP) is 5.09. The fourth-order valence-electron chi connectivity index (χ4n) is 6.11. The average molecular weight is 692 g/mol. The Morgan fingerprint density at radius 1 is 1.02 bits per heavy atom. The van der Waals surface area contributed by atoms with E-state index >= 15 is 0 Å². The minimum atomic E-state index is -2.77. The SMILES string of the molecule is COc1nc(N2C3CCC2COC3)c(-c2cnn(C)c2)cc1Nc1ncc(Br)c(Nc2ccc3nccnc3c2P(C)(C)=O)n1. The molecule has 1 aromatic carbocycles. The number of hydrogen-bond acceptors (Lipinski definition) is 12. The van der Waals surface area contributed by atoms with E-state index in [9.17, 15) is 4.57 Å². The van der Waals surface area contributed by atoms with Crippen LogP contribution in [0, 0.1) is 0 Å². The number of nitrogens with one attached hydrogen (secondary N) is 2. The molecule has 0 radical (unpaired) electrons. The number of halogens is 1. The molecule has 2 N–H and O–H groups in total. The van der Waals surface area contributed by atoms with E-state index in [4.69, 9.17) is 19.4 Å². The van der Waals surface area contributed by atoms with Crippen molar-refractivity contribution in [1.82, 2.24) is 34.7 Å². The molecule has 0 spiro atoms. The second-order valence-corrected chi connectivity index (χ2v) is 15.5. The van der Waals surface area contributed by atoms with E-state index in [1.54, 1.807) is 43.7 Å². The number of pyridine rings is 1. The summed E-state index contributed by atoms with van der Waals surface area (Å²) in [6.07, 6.45) is 10.8. The Hall–Kier alpha value is -4.13. The largest absolute Gasteiger partial charge is 0.479 e. The van der Waals surface area contributed by atoms with Crippen LogP contribution in [0.15, 0.2) is 53.7 Å². The van der Waals surface area contributed by atoms with Gasteiger partial charge in [0.2, 0.25) is 11.8 Å². The lowest BCUT2D eigenvalue weighted by Crippen LogP contribution is -2.46. The number of fused-ring (bicyclic) bond motifs is 3. The van der Waals surface area contributed by atoms with Gasteiger partial charge in [0.15, 0.2) is 0 Å². The molecule has 2 aliphatic heterocycles. The van der Waals surface area contributed by atoms with E-state index in [1.807, 2.05) is 37.6 Å². The monoisotopic (exact) mass is 690 g/mol. The van der Waals surface area contributed by atoms with Crippen molar-refractivity contribution in [2.75, 3.05) is 49.2 Å². The molecule has 0 aliphatic carbocycles. The van der Waals surface area contributed by atoms with Gasteiger partial charge in [0.05, 0.1) is 59.6 Å². The number of morpholine rings is 1. The van der Waals surface area contributed by atoms with Crippen LogP contribution in [0.3, 0.4) is 0 Å². The van der Waals surface area contributed by atoms with Gasteiger partial charge in [-0.3, -0.25) is 14.6 Å². The number of aryl methyl sites for hydroxylation is 1. The molecule has 4 aromatic heterocycles. The lowest BCUT2D eigenvalue weighted by Gasteiger charge is -2.37. The molecule has 0 amide bonds. The number of methoxy groups -OCH3 is 1. The highest BCUT2D eigenvalue weighted by atomic mass is 79.9. The molecule has 2 bridgehead atoms. The first-order chi connectivity index (χ1) is 21.7. The van der Waals surface area contributed by atoms with Crippen LogP contribution in [-0.4, -0.2) is 80.4 Å². The minimum absolute atomic E-state index is 0.256. The summed E-state index contributed by atoms with van der Waals surface area (Å²) in [7, 11) is 0.726. The summed E-state index contributed by atoms with van der Waals surface area (Å²) in [4.78, 5) is 25.6. The highest BCUT2D eigenvalue weighted by Gasteiger charge is 2.40. The Balaban J connectivity index is 1.27. The Morgan fingerprint density at radius 2 is 1.80 bits per heavy atom. The Labute approximate surface area is 268 Å². The first kappa shape index (κ1) is 29.6. The van der Waals surface area contributed by atoms with Gasteiger partial charge in [-0.2, -0.15) is 15.1 Å². The number of aromatic nitrogens is 7. The van der Waals surface area contributed by atoms with Gasteiger partial charge in [0, 0.05) is 43.0 Å². The topological polar surface area (TPSA) is 145 Å². The third kappa shape index (κ3) is 5.62. The fourth-order valence-corrected chi connectivity index (χ4v) is 7.79. The highest BCUT2D eigenvalue weighted by Crippen LogP contribution is 2.43. The summed E-state index contributed by atoms with van der Waals surface area (Å²) in [6, 6.07) is 6.21. The molecule has 0 saturated carbocycles. The molecule has 2 unspecified atom stereocenters. The van der Waals surface area contributed by atoms with Gasteiger partial charge < -0.3 is 29.6 Å². The zero-order valence-electron chi connectivity index (χ0n) is 25.2. The lowest BCUT2D eigenvalue weighted by atomic mass is 10.1. The molecule has 2 atom stereocenters. The number of ether oxygens (including phenoxy) is 2. The molecule has 15 heteroatoms. The average Bonchev–Trinajstić information content (AvgIpc) is 3.56. The number of hydrogen-bond donors (Lipinski definition) is 2. The van der Waals surface area contributed by atoms with E-state index in [0.29, 0.717) is 63.0 Å². The molecule has 6 heterocycles. The van der Waals surface area contributed by atoms with Crippen LogP contribution in [-0.2, 0) is 16.3 Å². The molecular formula is C30H32BrN10O3P. The fraction of sp³-hybridized carbons (Fsp3) is 0.333. The molecular weight excluding hydrogens is 659 g/mol. The number of rotatable bonds is 8. The summed E-state index contributed by atoms with van der Waals surface area (Å²) < 4.78 is 27.5. The van der Waals surface area contributed by atoms with Crippen LogP contribution in [0.2, 0.25) is 0 Å². The van der Waals surface area contributed by atoms with Crippen LogP contribution in [0.5, 0.6) is 5.88 Å². The molecule has 7 rings (SSSR count). The van der Waals surface area contributed by atoms with Gasteiger partial charge in [-0.1, -0.05) is 0 Å². The Bertz CT molecular complexity index is 1950. The standard InChI is InChI=1S/C30H32BrN10O3P/c1-40-14-17(12-35-40)20-11-24(29(43-2)39-28(20)41-18-5-6-19(41)16-44-15-18)37-30-34-13-21(31)27(38-30)36-23-8-7-22-25(33-10-9-32-22)26(23)45(3,4)42/h7-14,18-19H,5-6,15-16H2,1-4H3,(H2,34,36,37,38). The summed E-state index contributed by atoms with van der Waals surface area (Å²) in [5, 5.41) is 11.7. The van der Waals surface area contributed by atoms with E-state index in [2.05, 4.69) is 51.5 Å². The van der Waals surface area contributed by atoms with E-state index in [1.165, 1.54) is 0 Å². The van der Waals surface area contributed by atoms with E-state index < -0.39 is 7.14 Å². The first-order valence-corrected chi connectivity index (χ1v) is 17.9. The molecule has 45 heavy (non-hydrogen) atoms. The summed E-state index contributed by atoms with van der Waals surface area (Å²) in [6.45, 7) is 4.78. The van der Waals surface area contributed by atoms with Crippen LogP contribution in [0.25, 0.3) is 22.2 Å². The third-order valence-corrected chi connectivity index (χ3v) is 10.2. The van der Waals surface area contributed by atoms with Crippen molar-refractivity contribution in [2.45, 2.75) is 24.9 Å². The molecule has 232 valence electrons. The summed E-state index contributed by atoms with van der Waals surface area (Å²) >= 11 is 3.57. The van der Waals surface area contributed by atoms with Gasteiger partial charge >= 0.3 is 0 Å². The first-order valence-electron chi connectivity index (χ1n) is 14.5. The van der Waals surface area contributed by atoms with Gasteiger partial charge in [0.25, 0.3) is 0 Å². The second kappa shape index (κ2) is 11.7. The van der Waals surface area contributed by atoms with Crippen LogP contribution in [0.1, 0.15) is 12.8 Å². The third-order valence-electron chi connectivity index (χ3n) is 8.06. The van der Waals surface area contributed by atoms with Gasteiger partial charge in [-0.25, -0.2) is 4.98 Å². The van der Waals surface area contributed by atoms with Crippen molar-refractivity contribution in [2.24, 2.45) is 7.05 Å². The smallest absolute Gasteiger partial charge is 0.239 e. The van der Waals surface area contributed by atoms with Crippen molar-refractivity contribution >= 4 is 68.4 Å². The van der Waals surface area contributed by atoms with Crippen molar-refractivity contribution in [3.63, 3.8) is 0 Å². The van der Waals surface area contributed by atoms with Crippen molar-refractivity contribution in [3.05, 3.63) is 53.7 Å². The molecule has 2 fully saturated rings. The van der Waals surface area contributed by atoms with Gasteiger partial charge in [0.1, 0.15) is 30.0 Å². The maximum absolute atomic E-state index is 13.4. The Morgan fingerprint density at radius 3 is 2.51 bits per heavy atom. The molecule has 13 nitrogen and oxygen atoms in total. The van der Waals surface area contributed by atoms with Crippen LogP contribution < -0.4 is 25.6 Å². The van der Waals surface area contributed by atoms with E-state index in [-0.39, 0.29) is 12.1 Å². The van der Waals surface area contributed by atoms with Crippen molar-refractivity contribution in [3.8, 4) is 17.0 Å². The normalized spacial score (nSPS) is 17.9. The van der Waals surface area contributed by atoms with Crippen LogP contribution in [0.4, 0.5) is 29.0 Å². The lowest BCUT2D eigenvalue weighted by molar-refractivity contribution is 0.0902. The maximum atomic E-state index is 13.4. The minimum Gasteiger partial charge on any atom is -0.479 e. The number of nitrogens with zero attached hydrogens (tertiary/aromatic N) is 8. The number of anilines is 5. The second-order valence-electron chi connectivity index (χ2n) is 11.5. The quantitative estimate of drug-likeness (QED) is 0.209. The zero-order valence-corrected chi connectivity index (χ0v) is 27.7. The maximum Gasteiger partial charge on any atom is 0.239 e. The Kier molecular flexibility index (Phi) is 7.66. The van der Waals surface area contributed by atoms with Gasteiger partial charge in [-0.05, 0) is 60.3 Å². The zero-order chi connectivity index (χ0) is 31.3. The predicted molar refractivity (Wildman–Crippen MR) is 178 cm³/mol. The molecule has 5 aromatic rings. The van der Waals surface area contributed by atoms with Crippen molar-refractivity contribution < 1.29 is 14.0 Å². The molecule has 2 saturated heterocycles. The molecule has 2 aliphatic rings. The summed E-state index contributed by atoms with van der Waals surface area (Å²) in [5.41, 5.74) is 4.34. The van der Waals surface area contributed by atoms with Gasteiger partial charge in [-0.15, -0.1) is 0 Å². The highest BCUT2D eigenvalue weighted by molar-refractivity contribution is 9.10. The van der Waals surface area contributed by atoms with Crippen molar-refractivity contribution in [1.29, 1.82) is 0 Å². The van der Waals surface area contributed by atoms with Crippen LogP contribution >= 0.6 is 23.1 Å².